The van der Waals surface area contributed by atoms with Crippen LogP contribution in [0.4, 0.5) is 30.1 Å². The van der Waals surface area contributed by atoms with Crippen molar-refractivity contribution in [3.63, 3.8) is 0 Å². The van der Waals surface area contributed by atoms with Crippen molar-refractivity contribution in [3.8, 4) is 16.2 Å². The number of pyridine rings is 1. The Kier molecular flexibility index (Phi) is 10.9. The third kappa shape index (κ3) is 7.77. The molecule has 46 heavy (non-hydrogen) atoms. The largest absolute Gasteiger partial charge is 0.480 e. The van der Waals surface area contributed by atoms with Crippen molar-refractivity contribution in [2.45, 2.75) is 20.0 Å². The number of hydrogen-bond donors (Lipinski definition) is 3. The summed E-state index contributed by atoms with van der Waals surface area (Å²) < 4.78 is 39.9. The molecule has 0 aliphatic carbocycles. The Morgan fingerprint density at radius 1 is 1.07 bits per heavy atom. The van der Waals surface area contributed by atoms with E-state index in [1.165, 1.54) is 48.7 Å². The van der Waals surface area contributed by atoms with E-state index in [1.807, 2.05) is 0 Å². The van der Waals surface area contributed by atoms with E-state index in [1.54, 1.807) is 14.0 Å². The summed E-state index contributed by atoms with van der Waals surface area (Å²) in [5, 5.41) is 25.7. The molecule has 0 aliphatic heterocycles. The lowest BCUT2D eigenvalue weighted by atomic mass is 10.0. The minimum atomic E-state index is -1.19. The predicted molar refractivity (Wildman–Crippen MR) is 164 cm³/mol. The van der Waals surface area contributed by atoms with Gasteiger partial charge in [0.2, 0.25) is 0 Å². The predicted octanol–water partition coefficient (Wildman–Crippen LogP) is 5.59. The number of amides is 2. The Morgan fingerprint density at radius 3 is 2.33 bits per heavy atom. The molecule has 4 aromatic rings. The van der Waals surface area contributed by atoms with Crippen LogP contribution in [-0.2, 0) is 22.6 Å². The van der Waals surface area contributed by atoms with Crippen molar-refractivity contribution in [1.82, 2.24) is 10.3 Å². The number of nitrogens with one attached hydrogen (secondary N) is 2. The first kappa shape index (κ1) is 33.4. The monoisotopic (exact) mass is 655 g/mol. The summed E-state index contributed by atoms with van der Waals surface area (Å²) >= 11 is 0.951. The first-order chi connectivity index (χ1) is 22.0. The van der Waals surface area contributed by atoms with Gasteiger partial charge in [-0.25, -0.2) is 23.4 Å². The van der Waals surface area contributed by atoms with Crippen LogP contribution in [0.15, 0.2) is 60.8 Å². The summed E-state index contributed by atoms with van der Waals surface area (Å²) in [6.07, 6.45) is 0.222. The average molecular weight is 656 g/mol. The van der Waals surface area contributed by atoms with Gasteiger partial charge in [-0.1, -0.05) is 6.07 Å². The number of rotatable bonds is 13. The third-order valence-corrected chi connectivity index (χ3v) is 7.67. The average Bonchev–Trinajstić information content (AvgIpc) is 3.39. The van der Waals surface area contributed by atoms with E-state index in [0.29, 0.717) is 16.0 Å². The van der Waals surface area contributed by atoms with Crippen LogP contribution in [0.3, 0.4) is 0 Å². The lowest BCUT2D eigenvalue weighted by Gasteiger charge is -2.22. The highest BCUT2D eigenvalue weighted by Crippen LogP contribution is 2.44. The SMILES string of the molecule is CCOC(=O)N(Cc1c(F)cccc1F)c1sc(-c2ccc([N+](=O)[O-])cc2)c(CNC)c1C(=O)Nc1ccc(OCC(=O)O)cn1. The molecule has 2 aromatic heterocycles. The fourth-order valence-electron chi connectivity index (χ4n) is 4.31. The number of non-ortho nitro benzene ring substituents is 1. The topological polar surface area (TPSA) is 173 Å². The molecule has 0 fully saturated rings. The lowest BCUT2D eigenvalue weighted by Crippen LogP contribution is -2.33. The molecule has 0 spiro atoms. The van der Waals surface area contributed by atoms with Crippen molar-refractivity contribution >= 4 is 45.8 Å². The molecule has 0 saturated carbocycles. The van der Waals surface area contributed by atoms with Gasteiger partial charge in [0.05, 0.1) is 29.8 Å². The van der Waals surface area contributed by atoms with E-state index in [-0.39, 0.29) is 41.0 Å². The van der Waals surface area contributed by atoms with E-state index in [0.717, 1.165) is 28.4 Å². The van der Waals surface area contributed by atoms with Gasteiger partial charge in [0.1, 0.15) is 28.2 Å². The number of carboxylic acids is 1. The summed E-state index contributed by atoms with van der Waals surface area (Å²) in [5.74, 6) is -3.60. The summed E-state index contributed by atoms with van der Waals surface area (Å²) in [4.78, 5) is 54.3. The standard InChI is InChI=1S/C30H27F2N5O8S/c1-3-44-30(41)36(15-21-22(31)5-4-6-23(21)32)29-26(28(40)35-24-12-11-19(13-34-24)45-16-25(38)39)20(14-33-2)27(46-29)17-7-9-18(10-8-17)37(42)43/h4-13,33H,3,14-16H2,1-2H3,(H,38,39)(H,34,35,40). The number of nitrogens with zero attached hydrogens (tertiary/aromatic N) is 3. The second-order valence-corrected chi connectivity index (χ2v) is 10.4. The summed E-state index contributed by atoms with van der Waals surface area (Å²) in [7, 11) is 1.62. The number of carbonyl (C=O) groups excluding carboxylic acids is 2. The number of anilines is 2. The van der Waals surface area contributed by atoms with Gasteiger partial charge in [-0.3, -0.25) is 19.8 Å². The molecule has 0 unspecified atom stereocenters. The van der Waals surface area contributed by atoms with Crippen LogP contribution in [0, 0.1) is 21.7 Å². The van der Waals surface area contributed by atoms with Crippen molar-refractivity contribution in [1.29, 1.82) is 0 Å². The summed E-state index contributed by atoms with van der Waals surface area (Å²) in [6, 6.07) is 11.5. The highest BCUT2D eigenvalue weighted by Gasteiger charge is 2.32. The Labute approximate surface area is 264 Å². The second kappa shape index (κ2) is 15.0. The van der Waals surface area contributed by atoms with Gasteiger partial charge in [0.25, 0.3) is 11.6 Å². The zero-order valence-corrected chi connectivity index (χ0v) is 25.2. The number of thiophene rings is 1. The van der Waals surface area contributed by atoms with Crippen LogP contribution >= 0.6 is 11.3 Å². The van der Waals surface area contributed by atoms with Crippen molar-refractivity contribution in [2.24, 2.45) is 0 Å². The van der Waals surface area contributed by atoms with E-state index in [2.05, 4.69) is 15.6 Å². The maximum absolute atomic E-state index is 14.8. The minimum absolute atomic E-state index is 0.0152. The van der Waals surface area contributed by atoms with Crippen LogP contribution in [0.1, 0.15) is 28.4 Å². The quantitative estimate of drug-likeness (QED) is 0.122. The molecule has 16 heteroatoms. The zero-order chi connectivity index (χ0) is 33.4. The molecular formula is C30H27F2N5O8S. The fourth-order valence-corrected chi connectivity index (χ4v) is 5.63. The first-order valence-electron chi connectivity index (χ1n) is 13.6. The van der Waals surface area contributed by atoms with Crippen molar-refractivity contribution in [3.05, 3.63) is 99.2 Å². The van der Waals surface area contributed by atoms with Crippen LogP contribution in [0.2, 0.25) is 0 Å². The number of ether oxygens (including phenoxy) is 2. The number of hydrogen-bond acceptors (Lipinski definition) is 10. The normalized spacial score (nSPS) is 10.7. The number of halogens is 2. The highest BCUT2D eigenvalue weighted by molar-refractivity contribution is 7.20. The van der Waals surface area contributed by atoms with Gasteiger partial charge in [-0.15, -0.1) is 11.3 Å². The van der Waals surface area contributed by atoms with E-state index < -0.39 is 53.2 Å². The molecule has 0 bridgehead atoms. The Balaban J connectivity index is 1.87. The molecule has 4 rings (SSSR count). The minimum Gasteiger partial charge on any atom is -0.480 e. The first-order valence-corrected chi connectivity index (χ1v) is 14.4. The van der Waals surface area contributed by atoms with Gasteiger partial charge in [-0.05, 0) is 61.5 Å². The molecule has 13 nitrogen and oxygen atoms in total. The summed E-state index contributed by atoms with van der Waals surface area (Å²) in [6.45, 7) is 0.306. The third-order valence-electron chi connectivity index (χ3n) is 6.36. The maximum atomic E-state index is 14.8. The summed E-state index contributed by atoms with van der Waals surface area (Å²) in [5.41, 5.74) is 0.184. The number of nitro benzene ring substituents is 1. The fraction of sp³-hybridized carbons (Fsp3) is 0.200. The van der Waals surface area contributed by atoms with Crippen molar-refractivity contribution < 1.29 is 42.7 Å². The number of carbonyl (C=O) groups is 3. The van der Waals surface area contributed by atoms with Gasteiger partial charge in [0.15, 0.2) is 6.61 Å². The molecule has 2 amide bonds. The van der Waals surface area contributed by atoms with Crippen LogP contribution in [0.25, 0.3) is 10.4 Å². The molecule has 0 aliphatic rings. The maximum Gasteiger partial charge on any atom is 0.415 e. The van der Waals surface area contributed by atoms with E-state index >= 15 is 0 Å². The number of nitro groups is 1. The number of carboxylic acid groups (broad SMARTS) is 1. The molecule has 0 atom stereocenters. The molecule has 3 N–H and O–H groups in total. The van der Waals surface area contributed by atoms with Crippen LogP contribution < -0.4 is 20.3 Å². The van der Waals surface area contributed by atoms with Crippen LogP contribution in [0.5, 0.6) is 5.75 Å². The smallest absolute Gasteiger partial charge is 0.415 e. The molecule has 2 aromatic carbocycles. The molecule has 0 radical (unpaired) electrons. The molecule has 240 valence electrons. The van der Waals surface area contributed by atoms with Gasteiger partial charge < -0.3 is 25.2 Å². The second-order valence-electron chi connectivity index (χ2n) is 9.43. The van der Waals surface area contributed by atoms with Gasteiger partial charge in [-0.2, -0.15) is 0 Å². The molecule has 0 saturated heterocycles. The van der Waals surface area contributed by atoms with E-state index in [9.17, 15) is 33.3 Å². The van der Waals surface area contributed by atoms with Crippen LogP contribution in [-0.4, -0.2) is 53.2 Å². The van der Waals surface area contributed by atoms with Crippen molar-refractivity contribution in [2.75, 3.05) is 30.5 Å². The zero-order valence-electron chi connectivity index (χ0n) is 24.4. The Morgan fingerprint density at radius 2 is 1.76 bits per heavy atom. The number of aromatic nitrogens is 1. The Hall–Kier alpha value is -5.48. The molecule has 2 heterocycles. The lowest BCUT2D eigenvalue weighted by molar-refractivity contribution is -0.384. The van der Waals surface area contributed by atoms with E-state index in [4.69, 9.17) is 14.6 Å². The van der Waals surface area contributed by atoms with Gasteiger partial charge >= 0.3 is 12.1 Å². The number of benzene rings is 2. The molecular weight excluding hydrogens is 628 g/mol. The van der Waals surface area contributed by atoms with Gasteiger partial charge in [0, 0.05) is 29.1 Å². The Bertz CT molecular complexity index is 1730. The highest BCUT2D eigenvalue weighted by atomic mass is 32.1. The number of aliphatic carboxylic acids is 1.